The minimum Gasteiger partial charge on any atom is -0.480 e. The number of aliphatic carboxylic acids is 1. The first-order valence-corrected chi connectivity index (χ1v) is 6.65. The van der Waals surface area contributed by atoms with Crippen molar-refractivity contribution in [1.82, 2.24) is 10.2 Å². The van der Waals surface area contributed by atoms with Gasteiger partial charge in [0.15, 0.2) is 0 Å². The van der Waals surface area contributed by atoms with Gasteiger partial charge in [-0.1, -0.05) is 6.92 Å². The number of rotatable bonds is 7. The third-order valence-corrected chi connectivity index (χ3v) is 2.76. The average molecular weight is 248 g/mol. The smallest absolute Gasteiger partial charge is 0.326 e. The van der Waals surface area contributed by atoms with E-state index < -0.39 is 12.0 Å². The van der Waals surface area contributed by atoms with E-state index in [4.69, 9.17) is 5.11 Å². The molecule has 16 heavy (non-hydrogen) atoms. The fourth-order valence-electron chi connectivity index (χ4n) is 1.19. The first-order valence-electron chi connectivity index (χ1n) is 5.26. The summed E-state index contributed by atoms with van der Waals surface area (Å²) < 4.78 is 0. The molecule has 94 valence electrons. The van der Waals surface area contributed by atoms with Crippen LogP contribution >= 0.6 is 11.8 Å². The molecule has 6 heteroatoms. The highest BCUT2D eigenvalue weighted by Gasteiger charge is 2.20. The van der Waals surface area contributed by atoms with Gasteiger partial charge in [0.05, 0.1) is 0 Å². The number of carboxylic acid groups (broad SMARTS) is 1. The van der Waals surface area contributed by atoms with Crippen LogP contribution in [0.1, 0.15) is 19.8 Å². The van der Waals surface area contributed by atoms with E-state index in [-0.39, 0.29) is 6.03 Å². The van der Waals surface area contributed by atoms with E-state index in [1.54, 1.807) is 18.8 Å². The monoisotopic (exact) mass is 248 g/mol. The van der Waals surface area contributed by atoms with Crippen molar-refractivity contribution in [3.8, 4) is 0 Å². The van der Waals surface area contributed by atoms with E-state index in [0.717, 1.165) is 12.2 Å². The third kappa shape index (κ3) is 5.85. The number of hydrogen-bond acceptors (Lipinski definition) is 3. The second-order valence-electron chi connectivity index (χ2n) is 3.54. The lowest BCUT2D eigenvalue weighted by Crippen LogP contribution is -2.47. The van der Waals surface area contributed by atoms with Crippen LogP contribution in [-0.2, 0) is 4.79 Å². The molecule has 0 bridgehead atoms. The van der Waals surface area contributed by atoms with Crippen molar-refractivity contribution < 1.29 is 14.7 Å². The van der Waals surface area contributed by atoms with E-state index in [2.05, 4.69) is 5.32 Å². The Labute approximate surface area is 101 Å². The van der Waals surface area contributed by atoms with Gasteiger partial charge in [0, 0.05) is 13.6 Å². The summed E-state index contributed by atoms with van der Waals surface area (Å²) in [6.45, 7) is 2.59. The topological polar surface area (TPSA) is 69.6 Å². The number of urea groups is 1. The van der Waals surface area contributed by atoms with E-state index in [9.17, 15) is 9.59 Å². The van der Waals surface area contributed by atoms with Gasteiger partial charge in [-0.25, -0.2) is 9.59 Å². The molecule has 2 amide bonds. The Morgan fingerprint density at radius 1 is 1.50 bits per heavy atom. The van der Waals surface area contributed by atoms with Gasteiger partial charge in [-0.05, 0) is 24.9 Å². The zero-order chi connectivity index (χ0) is 12.6. The number of nitrogens with zero attached hydrogens (tertiary/aromatic N) is 1. The first-order chi connectivity index (χ1) is 7.52. The minimum absolute atomic E-state index is 0.324. The largest absolute Gasteiger partial charge is 0.480 e. The molecule has 1 atom stereocenters. The van der Waals surface area contributed by atoms with Crippen LogP contribution in [0.25, 0.3) is 0 Å². The third-order valence-electron chi connectivity index (χ3n) is 2.11. The second kappa shape index (κ2) is 8.27. The van der Waals surface area contributed by atoms with Crippen LogP contribution in [0.15, 0.2) is 0 Å². The Bertz CT molecular complexity index is 236. The lowest BCUT2D eigenvalue weighted by Gasteiger charge is -2.20. The predicted molar refractivity (Wildman–Crippen MR) is 65.9 cm³/mol. The second-order valence-corrected chi connectivity index (χ2v) is 4.53. The summed E-state index contributed by atoms with van der Waals surface area (Å²) in [7, 11) is 1.66. The Kier molecular flexibility index (Phi) is 7.80. The van der Waals surface area contributed by atoms with Gasteiger partial charge in [-0.3, -0.25) is 0 Å². The first kappa shape index (κ1) is 15.1. The number of carbonyl (C=O) groups is 2. The summed E-state index contributed by atoms with van der Waals surface area (Å²) in [6, 6.07) is -1.12. The molecule has 0 aliphatic rings. The van der Waals surface area contributed by atoms with Crippen molar-refractivity contribution in [1.29, 1.82) is 0 Å². The fourth-order valence-corrected chi connectivity index (χ4v) is 1.66. The average Bonchev–Trinajstić information content (AvgIpc) is 2.23. The van der Waals surface area contributed by atoms with Crippen LogP contribution in [0.3, 0.4) is 0 Å². The minimum atomic E-state index is -0.979. The van der Waals surface area contributed by atoms with Crippen molar-refractivity contribution in [3.63, 3.8) is 0 Å². The van der Waals surface area contributed by atoms with Crippen molar-refractivity contribution in [2.45, 2.75) is 25.8 Å². The molecule has 0 saturated carbocycles. The van der Waals surface area contributed by atoms with E-state index in [1.807, 2.05) is 13.2 Å². The van der Waals surface area contributed by atoms with Crippen LogP contribution in [0.2, 0.25) is 0 Å². The zero-order valence-electron chi connectivity index (χ0n) is 10.0. The summed E-state index contributed by atoms with van der Waals surface area (Å²) in [5, 5.41) is 11.4. The molecular formula is C10H20N2O3S. The van der Waals surface area contributed by atoms with Crippen molar-refractivity contribution in [2.75, 3.05) is 25.6 Å². The predicted octanol–water partition coefficient (Wildman–Crippen LogP) is 1.24. The quantitative estimate of drug-likeness (QED) is 0.711. The molecule has 0 fully saturated rings. The SMILES string of the molecule is CCCN(C)C(=O)N[C@H](CCSC)C(=O)O. The number of carbonyl (C=O) groups excluding carboxylic acids is 1. The van der Waals surface area contributed by atoms with Crippen molar-refractivity contribution >= 4 is 23.8 Å². The van der Waals surface area contributed by atoms with Crippen molar-refractivity contribution in [2.24, 2.45) is 0 Å². The summed E-state index contributed by atoms with van der Waals surface area (Å²) in [5.74, 6) is -0.262. The molecule has 0 saturated heterocycles. The molecular weight excluding hydrogens is 228 g/mol. The molecule has 0 spiro atoms. The maximum Gasteiger partial charge on any atom is 0.326 e. The van der Waals surface area contributed by atoms with Gasteiger partial charge in [0.2, 0.25) is 0 Å². The Balaban J connectivity index is 4.17. The molecule has 0 radical (unpaired) electrons. The molecule has 2 N–H and O–H groups in total. The summed E-state index contributed by atoms with van der Waals surface area (Å²) >= 11 is 1.56. The molecule has 0 aromatic heterocycles. The molecule has 0 heterocycles. The highest BCUT2D eigenvalue weighted by molar-refractivity contribution is 7.98. The van der Waals surface area contributed by atoms with Crippen molar-refractivity contribution in [3.05, 3.63) is 0 Å². The lowest BCUT2D eigenvalue weighted by molar-refractivity contribution is -0.139. The van der Waals surface area contributed by atoms with Crippen LogP contribution in [0, 0.1) is 0 Å². The van der Waals surface area contributed by atoms with Gasteiger partial charge in [0.25, 0.3) is 0 Å². The highest BCUT2D eigenvalue weighted by Crippen LogP contribution is 2.02. The van der Waals surface area contributed by atoms with Gasteiger partial charge >= 0.3 is 12.0 Å². The lowest BCUT2D eigenvalue weighted by atomic mass is 10.2. The molecule has 5 nitrogen and oxygen atoms in total. The number of amides is 2. The summed E-state index contributed by atoms with van der Waals surface area (Å²) in [6.07, 6.45) is 3.21. The molecule has 0 aromatic carbocycles. The number of hydrogen-bond donors (Lipinski definition) is 2. The Morgan fingerprint density at radius 2 is 2.12 bits per heavy atom. The molecule has 0 rings (SSSR count). The Hall–Kier alpha value is -0.910. The van der Waals surface area contributed by atoms with Crippen LogP contribution in [-0.4, -0.2) is 53.6 Å². The van der Waals surface area contributed by atoms with Crippen LogP contribution < -0.4 is 5.32 Å². The van der Waals surface area contributed by atoms with Gasteiger partial charge in [0.1, 0.15) is 6.04 Å². The van der Waals surface area contributed by atoms with Gasteiger partial charge < -0.3 is 15.3 Å². The molecule has 0 unspecified atom stereocenters. The maximum atomic E-state index is 11.6. The fraction of sp³-hybridized carbons (Fsp3) is 0.800. The van der Waals surface area contributed by atoms with Gasteiger partial charge in [-0.15, -0.1) is 0 Å². The molecule has 0 aliphatic heterocycles. The van der Waals surface area contributed by atoms with Crippen LogP contribution in [0.4, 0.5) is 4.79 Å². The highest BCUT2D eigenvalue weighted by atomic mass is 32.2. The standard InChI is InChI=1S/C10H20N2O3S/c1-4-6-12(2)10(15)11-8(9(13)14)5-7-16-3/h8H,4-7H2,1-3H3,(H,11,15)(H,13,14)/t8-/m1/s1. The maximum absolute atomic E-state index is 11.6. The number of nitrogens with one attached hydrogen (secondary N) is 1. The molecule has 0 aromatic rings. The normalized spacial score (nSPS) is 11.9. The van der Waals surface area contributed by atoms with E-state index >= 15 is 0 Å². The zero-order valence-corrected chi connectivity index (χ0v) is 10.8. The van der Waals surface area contributed by atoms with E-state index in [1.165, 1.54) is 4.90 Å². The van der Waals surface area contributed by atoms with E-state index in [0.29, 0.717) is 13.0 Å². The number of carboxylic acids is 1. The summed E-state index contributed by atoms with van der Waals surface area (Å²) in [4.78, 5) is 23.9. The summed E-state index contributed by atoms with van der Waals surface area (Å²) in [5.41, 5.74) is 0. The van der Waals surface area contributed by atoms with Crippen LogP contribution in [0.5, 0.6) is 0 Å². The molecule has 0 aliphatic carbocycles. The Morgan fingerprint density at radius 3 is 2.56 bits per heavy atom. The van der Waals surface area contributed by atoms with Gasteiger partial charge in [-0.2, -0.15) is 11.8 Å². The number of thioether (sulfide) groups is 1.